The molecule has 0 saturated carbocycles. The maximum atomic E-state index is 13.6. The molecule has 3 nitrogen and oxygen atoms in total. The molecule has 0 aromatic heterocycles. The number of nitrogens with zero attached hydrogens (tertiary/aromatic N) is 1. The molecule has 1 amide bonds. The van der Waals surface area contributed by atoms with Gasteiger partial charge in [-0.15, -0.1) is 0 Å². The molecule has 106 valence electrons. The molecule has 2 aromatic rings. The summed E-state index contributed by atoms with van der Waals surface area (Å²) < 4.78 is 26.5. The van der Waals surface area contributed by atoms with Crippen LogP contribution in [-0.4, -0.2) is 5.91 Å². The van der Waals surface area contributed by atoms with Crippen LogP contribution >= 0.6 is 0 Å². The molecule has 2 rings (SSSR count). The molecule has 0 bridgehead atoms. The fourth-order valence-corrected chi connectivity index (χ4v) is 1.94. The van der Waals surface area contributed by atoms with Crippen LogP contribution in [0.5, 0.6) is 0 Å². The molecule has 0 saturated heterocycles. The number of hydrogen-bond donors (Lipinski definition) is 1. The lowest BCUT2D eigenvalue weighted by Gasteiger charge is -2.15. The quantitative estimate of drug-likeness (QED) is 0.941. The number of rotatable bonds is 3. The first-order chi connectivity index (χ1) is 10.0. The van der Waals surface area contributed by atoms with Crippen LogP contribution in [0.4, 0.5) is 8.78 Å². The van der Waals surface area contributed by atoms with Gasteiger partial charge in [0.1, 0.15) is 11.6 Å². The number of nitriles is 1. The van der Waals surface area contributed by atoms with Gasteiger partial charge in [-0.2, -0.15) is 5.26 Å². The van der Waals surface area contributed by atoms with Gasteiger partial charge in [0.2, 0.25) is 0 Å². The van der Waals surface area contributed by atoms with E-state index >= 15 is 0 Å². The van der Waals surface area contributed by atoms with Crippen LogP contribution < -0.4 is 5.32 Å². The number of carbonyl (C=O) groups is 1. The Morgan fingerprint density at radius 3 is 2.67 bits per heavy atom. The SMILES string of the molecule is CC(NC(=O)c1cccc(C#N)c1)c1ccc(F)cc1F. The minimum absolute atomic E-state index is 0.196. The maximum absolute atomic E-state index is 13.6. The number of benzene rings is 2. The molecule has 0 aliphatic carbocycles. The molecule has 1 atom stereocenters. The zero-order chi connectivity index (χ0) is 15.4. The standard InChI is InChI=1S/C16H12F2N2O/c1-10(14-6-5-13(17)8-15(14)18)20-16(21)12-4-2-3-11(7-12)9-19/h2-8,10H,1H3,(H,20,21). The van der Waals surface area contributed by atoms with Crippen LogP contribution in [-0.2, 0) is 0 Å². The van der Waals surface area contributed by atoms with E-state index in [1.54, 1.807) is 25.1 Å². The van der Waals surface area contributed by atoms with Crippen LogP contribution in [0.2, 0.25) is 0 Å². The first-order valence-corrected chi connectivity index (χ1v) is 6.27. The van der Waals surface area contributed by atoms with Crippen LogP contribution in [0.1, 0.15) is 34.5 Å². The molecule has 0 spiro atoms. The number of hydrogen-bond acceptors (Lipinski definition) is 2. The molecule has 21 heavy (non-hydrogen) atoms. The summed E-state index contributed by atoms with van der Waals surface area (Å²) in [4.78, 5) is 12.1. The number of amides is 1. The van der Waals surface area contributed by atoms with E-state index < -0.39 is 23.6 Å². The third kappa shape index (κ3) is 3.42. The summed E-state index contributed by atoms with van der Waals surface area (Å²) in [6, 6.07) is 10.7. The van der Waals surface area contributed by atoms with Crippen LogP contribution in [0.25, 0.3) is 0 Å². The van der Waals surface area contributed by atoms with E-state index in [9.17, 15) is 13.6 Å². The number of halogens is 2. The fourth-order valence-electron chi connectivity index (χ4n) is 1.94. The van der Waals surface area contributed by atoms with Crippen molar-refractivity contribution in [1.29, 1.82) is 5.26 Å². The van der Waals surface area contributed by atoms with Crippen molar-refractivity contribution < 1.29 is 13.6 Å². The summed E-state index contributed by atoms with van der Waals surface area (Å²) >= 11 is 0. The van der Waals surface area contributed by atoms with Gasteiger partial charge in [0.25, 0.3) is 5.91 Å². The molecule has 2 aromatic carbocycles. The number of nitrogens with one attached hydrogen (secondary N) is 1. The van der Waals surface area contributed by atoms with Crippen molar-refractivity contribution in [2.75, 3.05) is 0 Å². The van der Waals surface area contributed by atoms with E-state index in [-0.39, 0.29) is 5.56 Å². The van der Waals surface area contributed by atoms with Gasteiger partial charge in [0.15, 0.2) is 0 Å². The highest BCUT2D eigenvalue weighted by atomic mass is 19.1. The van der Waals surface area contributed by atoms with E-state index in [0.717, 1.165) is 12.1 Å². The highest BCUT2D eigenvalue weighted by molar-refractivity contribution is 5.94. The van der Waals surface area contributed by atoms with E-state index in [2.05, 4.69) is 5.32 Å². The average Bonchev–Trinajstić information content (AvgIpc) is 2.47. The van der Waals surface area contributed by atoms with Gasteiger partial charge in [0, 0.05) is 17.2 Å². The van der Waals surface area contributed by atoms with E-state index in [1.807, 2.05) is 6.07 Å². The van der Waals surface area contributed by atoms with Crippen molar-refractivity contribution in [3.8, 4) is 6.07 Å². The van der Waals surface area contributed by atoms with Gasteiger partial charge < -0.3 is 5.32 Å². The van der Waals surface area contributed by atoms with Crippen molar-refractivity contribution in [2.45, 2.75) is 13.0 Å². The molecule has 5 heteroatoms. The summed E-state index contributed by atoms with van der Waals surface area (Å²) in [5, 5.41) is 11.4. The predicted molar refractivity (Wildman–Crippen MR) is 73.4 cm³/mol. The Bertz CT molecular complexity index is 722. The third-order valence-corrected chi connectivity index (χ3v) is 3.03. The molecule has 0 heterocycles. The molecular weight excluding hydrogens is 274 g/mol. The lowest BCUT2D eigenvalue weighted by atomic mass is 10.1. The zero-order valence-corrected chi connectivity index (χ0v) is 11.2. The lowest BCUT2D eigenvalue weighted by molar-refractivity contribution is 0.0939. The van der Waals surface area contributed by atoms with Gasteiger partial charge in [-0.1, -0.05) is 12.1 Å². The first-order valence-electron chi connectivity index (χ1n) is 6.27. The molecule has 0 aliphatic rings. The van der Waals surface area contributed by atoms with Gasteiger partial charge >= 0.3 is 0 Å². The Hall–Kier alpha value is -2.74. The molecular formula is C16H12F2N2O. The Morgan fingerprint density at radius 1 is 1.24 bits per heavy atom. The Morgan fingerprint density at radius 2 is 2.00 bits per heavy atom. The van der Waals surface area contributed by atoms with Crippen molar-refractivity contribution in [3.05, 3.63) is 70.8 Å². The molecule has 0 radical (unpaired) electrons. The van der Waals surface area contributed by atoms with E-state index in [4.69, 9.17) is 5.26 Å². The van der Waals surface area contributed by atoms with Crippen molar-refractivity contribution in [2.24, 2.45) is 0 Å². The molecule has 0 fully saturated rings. The zero-order valence-electron chi connectivity index (χ0n) is 11.2. The normalized spacial score (nSPS) is 11.5. The predicted octanol–water partition coefficient (Wildman–Crippen LogP) is 3.33. The van der Waals surface area contributed by atoms with E-state index in [0.29, 0.717) is 11.1 Å². The van der Waals surface area contributed by atoms with E-state index in [1.165, 1.54) is 12.1 Å². The smallest absolute Gasteiger partial charge is 0.251 e. The minimum atomic E-state index is -0.714. The Balaban J connectivity index is 2.17. The molecule has 1 unspecified atom stereocenters. The molecule has 0 aliphatic heterocycles. The second-order valence-electron chi connectivity index (χ2n) is 4.55. The Kier molecular flexibility index (Phi) is 4.29. The van der Waals surface area contributed by atoms with Gasteiger partial charge in [-0.3, -0.25) is 4.79 Å². The van der Waals surface area contributed by atoms with Gasteiger partial charge in [-0.25, -0.2) is 8.78 Å². The minimum Gasteiger partial charge on any atom is -0.345 e. The summed E-state index contributed by atoms with van der Waals surface area (Å²) in [6.45, 7) is 1.60. The van der Waals surface area contributed by atoms with Gasteiger partial charge in [0.05, 0.1) is 17.7 Å². The maximum Gasteiger partial charge on any atom is 0.251 e. The fraction of sp³-hybridized carbons (Fsp3) is 0.125. The van der Waals surface area contributed by atoms with Crippen LogP contribution in [0, 0.1) is 23.0 Å². The summed E-state index contributed by atoms with van der Waals surface area (Å²) in [5.41, 5.74) is 0.868. The first kappa shape index (κ1) is 14.7. The summed E-state index contributed by atoms with van der Waals surface area (Å²) in [6.07, 6.45) is 0. The monoisotopic (exact) mass is 286 g/mol. The highest BCUT2D eigenvalue weighted by Crippen LogP contribution is 2.18. The third-order valence-electron chi connectivity index (χ3n) is 3.03. The lowest BCUT2D eigenvalue weighted by Crippen LogP contribution is -2.27. The second-order valence-corrected chi connectivity index (χ2v) is 4.55. The van der Waals surface area contributed by atoms with Crippen molar-refractivity contribution in [1.82, 2.24) is 5.32 Å². The topological polar surface area (TPSA) is 52.9 Å². The Labute approximate surface area is 120 Å². The van der Waals surface area contributed by atoms with Crippen molar-refractivity contribution >= 4 is 5.91 Å². The molecule has 1 N–H and O–H groups in total. The number of carbonyl (C=O) groups excluding carboxylic acids is 1. The average molecular weight is 286 g/mol. The van der Waals surface area contributed by atoms with Gasteiger partial charge in [-0.05, 0) is 31.2 Å². The largest absolute Gasteiger partial charge is 0.345 e. The summed E-state index contributed by atoms with van der Waals surface area (Å²) in [5.74, 6) is -1.81. The highest BCUT2D eigenvalue weighted by Gasteiger charge is 2.15. The van der Waals surface area contributed by atoms with Crippen LogP contribution in [0.15, 0.2) is 42.5 Å². The van der Waals surface area contributed by atoms with Crippen LogP contribution in [0.3, 0.4) is 0 Å². The van der Waals surface area contributed by atoms with Crippen molar-refractivity contribution in [3.63, 3.8) is 0 Å². The summed E-state index contributed by atoms with van der Waals surface area (Å²) in [7, 11) is 0. The second kappa shape index (κ2) is 6.14.